The molecular weight excluding hydrogens is 735 g/mol. The van der Waals surface area contributed by atoms with E-state index in [0.717, 1.165) is 10.6 Å². The third-order valence-corrected chi connectivity index (χ3v) is 10.4. The molecule has 0 aliphatic carbocycles. The van der Waals surface area contributed by atoms with Crippen molar-refractivity contribution in [2.24, 2.45) is 0 Å². The number of halogens is 5. The molecule has 3 amide bonds. The van der Waals surface area contributed by atoms with Crippen LogP contribution in [0.5, 0.6) is 0 Å². The lowest BCUT2D eigenvalue weighted by atomic mass is 10.1. The number of amides is 3. The first-order chi connectivity index (χ1) is 16.5. The van der Waals surface area contributed by atoms with Crippen LogP contribution in [-0.4, -0.2) is 40.1 Å². The van der Waals surface area contributed by atoms with Gasteiger partial charge in [-0.15, -0.1) is 0 Å². The summed E-state index contributed by atoms with van der Waals surface area (Å²) in [6.07, 6.45) is 0. The third kappa shape index (κ3) is 4.67. The molecule has 0 N–H and O–H groups in total. The minimum absolute atomic E-state index is 0.0444. The molecule has 6 nitrogen and oxygen atoms in total. The molecule has 1 aliphatic rings. The van der Waals surface area contributed by atoms with E-state index in [-0.39, 0.29) is 21.7 Å². The van der Waals surface area contributed by atoms with Crippen LogP contribution < -0.4 is 0 Å². The van der Waals surface area contributed by atoms with Crippen molar-refractivity contribution in [3.63, 3.8) is 0 Å². The highest BCUT2D eigenvalue weighted by molar-refractivity contribution is 9.15. The highest BCUT2D eigenvalue weighted by atomic mass is 79.9. The second-order valence-electron chi connectivity index (χ2n) is 7.56. The van der Waals surface area contributed by atoms with Gasteiger partial charge in [0.05, 0.1) is 21.7 Å². The van der Waals surface area contributed by atoms with Crippen LogP contribution in [0.1, 0.15) is 47.0 Å². The Balaban J connectivity index is 1.83. The van der Waals surface area contributed by atoms with Gasteiger partial charge in [-0.1, -0.05) is 53.6 Å². The molecule has 0 saturated carbocycles. The number of hydrogen-bond acceptors (Lipinski definition) is 4. The number of aryl methyl sites for hydroxylation is 1. The summed E-state index contributed by atoms with van der Waals surface area (Å²) in [5, 5.41) is 1.65. The average molecular weight is 748 g/mol. The Hall–Kier alpha value is -1.85. The number of Topliss-reactive ketones (excluding diaryl/α,β-unsaturated/α-hetero) is 1. The monoisotopic (exact) mass is 744 g/mol. The number of hydrogen-bond donors (Lipinski definition) is 0. The number of carbonyl (C=O) groups excluding carboxylic acids is 4. The Morgan fingerprint density at radius 1 is 0.829 bits per heavy atom. The molecule has 1 heterocycles. The van der Waals surface area contributed by atoms with Crippen LogP contribution in [-0.2, 0) is 0 Å². The summed E-state index contributed by atoms with van der Waals surface area (Å²) in [5.74, 6) is -2.75. The van der Waals surface area contributed by atoms with E-state index in [9.17, 15) is 19.2 Å². The van der Waals surface area contributed by atoms with Gasteiger partial charge in [-0.05, 0) is 82.8 Å². The van der Waals surface area contributed by atoms with Crippen molar-refractivity contribution in [2.45, 2.75) is 6.92 Å². The molecule has 0 unspecified atom stereocenters. The number of imide groups is 1. The van der Waals surface area contributed by atoms with Gasteiger partial charge in [0.1, 0.15) is 6.54 Å². The number of carbonyl (C=O) groups is 4. The summed E-state index contributed by atoms with van der Waals surface area (Å²) < 4.78 is 1.67. The molecule has 0 aromatic heterocycles. The molecule has 0 spiro atoms. The fourth-order valence-electron chi connectivity index (χ4n) is 3.53. The molecule has 11 heteroatoms. The van der Waals surface area contributed by atoms with Crippen molar-refractivity contribution in [3.8, 4) is 0 Å². The number of benzene rings is 3. The lowest BCUT2D eigenvalue weighted by Crippen LogP contribution is -2.51. The summed E-state index contributed by atoms with van der Waals surface area (Å²) in [6.45, 7) is 1.32. The van der Waals surface area contributed by atoms with Crippen molar-refractivity contribution < 1.29 is 19.2 Å². The van der Waals surface area contributed by atoms with E-state index >= 15 is 0 Å². The Kier molecular flexibility index (Phi) is 7.68. The Morgan fingerprint density at radius 2 is 1.34 bits per heavy atom. The molecular formula is C24H13Br4ClN2O4. The van der Waals surface area contributed by atoms with Crippen LogP contribution in [0, 0.1) is 6.92 Å². The quantitative estimate of drug-likeness (QED) is 0.120. The fraction of sp³-hybridized carbons (Fsp3) is 0.0833. The van der Waals surface area contributed by atoms with Crippen LogP contribution in [0.15, 0.2) is 66.4 Å². The first-order valence-electron chi connectivity index (χ1n) is 9.95. The third-order valence-electron chi connectivity index (χ3n) is 5.33. The van der Waals surface area contributed by atoms with Crippen LogP contribution in [0.3, 0.4) is 0 Å². The predicted octanol–water partition coefficient (Wildman–Crippen LogP) is 7.23. The first kappa shape index (κ1) is 26.2. The van der Waals surface area contributed by atoms with E-state index in [1.165, 1.54) is 12.1 Å². The standard InChI is InChI=1S/C24H13Br4ClN2O4/c1-11-6-8-12(9-7-11)15(32)10-30(22(33)13-4-2-3-5-14(13)29)31-23(34)16-17(24(31)35)19(26)21(28)20(27)18(16)25/h2-9H,10H2,1H3. The van der Waals surface area contributed by atoms with Gasteiger partial charge >= 0.3 is 0 Å². The van der Waals surface area contributed by atoms with E-state index in [2.05, 4.69) is 63.7 Å². The van der Waals surface area contributed by atoms with Crippen molar-refractivity contribution in [1.29, 1.82) is 0 Å². The van der Waals surface area contributed by atoms with E-state index in [1.54, 1.807) is 36.4 Å². The maximum atomic E-state index is 13.6. The zero-order valence-electron chi connectivity index (χ0n) is 17.7. The van der Waals surface area contributed by atoms with Crippen LogP contribution >= 0.6 is 75.3 Å². The molecule has 35 heavy (non-hydrogen) atoms. The van der Waals surface area contributed by atoms with Crippen molar-refractivity contribution in [2.75, 3.05) is 6.54 Å². The fourth-order valence-corrected chi connectivity index (χ4v) is 6.20. The van der Waals surface area contributed by atoms with Gasteiger partial charge in [0.2, 0.25) is 0 Å². The van der Waals surface area contributed by atoms with Crippen LogP contribution in [0.2, 0.25) is 5.02 Å². The van der Waals surface area contributed by atoms with Gasteiger partial charge in [-0.25, -0.2) is 5.01 Å². The van der Waals surface area contributed by atoms with E-state index in [1.807, 2.05) is 6.92 Å². The van der Waals surface area contributed by atoms with Crippen molar-refractivity contribution in [3.05, 3.63) is 99.3 Å². The average Bonchev–Trinajstić information content (AvgIpc) is 3.10. The number of hydrazine groups is 1. The molecule has 0 fully saturated rings. The van der Waals surface area contributed by atoms with E-state index in [4.69, 9.17) is 11.6 Å². The van der Waals surface area contributed by atoms with Crippen LogP contribution in [0.4, 0.5) is 0 Å². The smallest absolute Gasteiger partial charge is 0.282 e. The number of ketones is 1. The van der Waals surface area contributed by atoms with Crippen LogP contribution in [0.25, 0.3) is 0 Å². The SMILES string of the molecule is Cc1ccc(C(=O)CN(C(=O)c2ccccc2Cl)N2C(=O)c3c(Br)c(Br)c(Br)c(Br)c3C2=O)cc1. The second-order valence-corrected chi connectivity index (χ2v) is 11.1. The summed E-state index contributed by atoms with van der Waals surface area (Å²) in [5.41, 5.74) is 1.44. The minimum Gasteiger partial charge on any atom is -0.292 e. The zero-order valence-corrected chi connectivity index (χ0v) is 24.8. The van der Waals surface area contributed by atoms with E-state index in [0.29, 0.717) is 28.5 Å². The molecule has 0 radical (unpaired) electrons. The maximum absolute atomic E-state index is 13.6. The van der Waals surface area contributed by atoms with Gasteiger partial charge in [-0.2, -0.15) is 5.01 Å². The molecule has 0 bridgehead atoms. The first-order valence-corrected chi connectivity index (χ1v) is 13.5. The number of fused-ring (bicyclic) bond motifs is 1. The lowest BCUT2D eigenvalue weighted by molar-refractivity contribution is 0.00527. The maximum Gasteiger partial charge on any atom is 0.282 e. The summed E-state index contributed by atoms with van der Waals surface area (Å²) in [7, 11) is 0. The molecule has 178 valence electrons. The number of nitrogens with zero attached hydrogens (tertiary/aromatic N) is 2. The van der Waals surface area contributed by atoms with Gasteiger partial charge < -0.3 is 0 Å². The highest BCUT2D eigenvalue weighted by Crippen LogP contribution is 2.45. The topological polar surface area (TPSA) is 74.8 Å². The molecule has 1 aliphatic heterocycles. The Morgan fingerprint density at radius 3 is 1.86 bits per heavy atom. The van der Waals surface area contributed by atoms with Gasteiger partial charge in [0, 0.05) is 23.5 Å². The van der Waals surface area contributed by atoms with E-state index < -0.39 is 30.0 Å². The van der Waals surface area contributed by atoms with Gasteiger partial charge in [-0.3, -0.25) is 19.2 Å². The van der Waals surface area contributed by atoms with Gasteiger partial charge in [0.15, 0.2) is 5.78 Å². The Bertz CT molecular complexity index is 1380. The second kappa shape index (κ2) is 10.3. The Labute approximate surface area is 239 Å². The molecule has 3 aromatic rings. The molecule has 0 saturated heterocycles. The number of rotatable bonds is 5. The molecule has 3 aromatic carbocycles. The summed E-state index contributed by atoms with van der Waals surface area (Å²) in [4.78, 5) is 53.9. The lowest BCUT2D eigenvalue weighted by Gasteiger charge is -2.29. The van der Waals surface area contributed by atoms with Crippen molar-refractivity contribution >= 4 is 98.8 Å². The van der Waals surface area contributed by atoms with Crippen molar-refractivity contribution in [1.82, 2.24) is 10.0 Å². The zero-order chi connectivity index (χ0) is 25.6. The predicted molar refractivity (Wildman–Crippen MR) is 146 cm³/mol. The molecule has 4 rings (SSSR count). The highest BCUT2D eigenvalue weighted by Gasteiger charge is 2.46. The minimum atomic E-state index is -0.768. The molecule has 0 atom stereocenters. The summed E-state index contributed by atoms with van der Waals surface area (Å²) in [6, 6.07) is 13.0. The normalized spacial score (nSPS) is 12.7. The van der Waals surface area contributed by atoms with Gasteiger partial charge in [0.25, 0.3) is 17.7 Å². The largest absolute Gasteiger partial charge is 0.292 e. The summed E-state index contributed by atoms with van der Waals surface area (Å²) >= 11 is 19.7.